The number of thioether (sulfide) groups is 1. The molecule has 0 saturated heterocycles. The maximum absolute atomic E-state index is 12.1. The Morgan fingerprint density at radius 2 is 2.09 bits per heavy atom. The quantitative estimate of drug-likeness (QED) is 0.784. The second-order valence-corrected chi connectivity index (χ2v) is 7.26. The molecule has 5 nitrogen and oxygen atoms in total. The smallest absolute Gasteiger partial charge is 0.412 e. The number of nitrogens with one attached hydrogen (secondary N) is 2. The molecule has 1 aliphatic rings. The van der Waals surface area contributed by atoms with Crippen molar-refractivity contribution in [1.29, 1.82) is 0 Å². The predicted molar refractivity (Wildman–Crippen MR) is 89.0 cm³/mol. The molecule has 0 saturated carbocycles. The van der Waals surface area contributed by atoms with Gasteiger partial charge in [0.15, 0.2) is 0 Å². The largest absolute Gasteiger partial charge is 0.444 e. The minimum absolute atomic E-state index is 0.0558. The summed E-state index contributed by atoms with van der Waals surface area (Å²) in [6.45, 7) is 9.28. The molecule has 22 heavy (non-hydrogen) atoms. The van der Waals surface area contributed by atoms with Gasteiger partial charge in [-0.1, -0.05) is 12.0 Å². The number of alkyl carbamates (subject to hydrolysis) is 1. The van der Waals surface area contributed by atoms with Crippen molar-refractivity contribution in [3.05, 3.63) is 22.3 Å². The average molecular weight is 322 g/mol. The molecular weight excluding hydrogens is 300 g/mol. The third-order valence-corrected chi connectivity index (χ3v) is 3.81. The van der Waals surface area contributed by atoms with Gasteiger partial charge in [-0.25, -0.2) is 4.79 Å². The molecule has 1 atom stereocenters. The third kappa shape index (κ3) is 5.49. The van der Waals surface area contributed by atoms with Gasteiger partial charge in [0.25, 0.3) is 5.91 Å². The van der Waals surface area contributed by atoms with Gasteiger partial charge in [-0.15, -0.1) is 18.2 Å². The molecule has 120 valence electrons. The molecule has 2 amide bonds. The van der Waals surface area contributed by atoms with Crippen molar-refractivity contribution < 1.29 is 14.3 Å². The maximum Gasteiger partial charge on any atom is 0.412 e. The molecule has 1 aliphatic heterocycles. The molecule has 0 aromatic carbocycles. The SMILES string of the molecule is C#CCNC(=O)C1=CC(C)SC(NC(=O)OC(C)(C)C)=C1C. The number of ether oxygens (including phenoxy) is 1. The highest BCUT2D eigenvalue weighted by atomic mass is 32.2. The van der Waals surface area contributed by atoms with Crippen molar-refractivity contribution in [2.75, 3.05) is 6.54 Å². The summed E-state index contributed by atoms with van der Waals surface area (Å²) in [4.78, 5) is 24.0. The van der Waals surface area contributed by atoms with Gasteiger partial charge in [-0.05, 0) is 40.2 Å². The number of rotatable bonds is 3. The van der Waals surface area contributed by atoms with Crippen LogP contribution in [0.2, 0.25) is 0 Å². The van der Waals surface area contributed by atoms with Crippen LogP contribution in [0.25, 0.3) is 0 Å². The topological polar surface area (TPSA) is 67.4 Å². The molecule has 0 fully saturated rings. The minimum Gasteiger partial charge on any atom is -0.444 e. The van der Waals surface area contributed by atoms with E-state index < -0.39 is 11.7 Å². The summed E-state index contributed by atoms with van der Waals surface area (Å²) in [5, 5.41) is 6.03. The van der Waals surface area contributed by atoms with Gasteiger partial charge in [0.05, 0.1) is 11.6 Å². The molecule has 0 aliphatic carbocycles. The van der Waals surface area contributed by atoms with Crippen LogP contribution in [0.1, 0.15) is 34.6 Å². The third-order valence-electron chi connectivity index (χ3n) is 2.66. The Balaban J connectivity index is 2.90. The van der Waals surface area contributed by atoms with Gasteiger partial charge < -0.3 is 10.1 Å². The van der Waals surface area contributed by atoms with E-state index >= 15 is 0 Å². The number of amides is 2. The first-order valence-corrected chi connectivity index (χ1v) is 7.83. The van der Waals surface area contributed by atoms with E-state index in [2.05, 4.69) is 16.6 Å². The molecular formula is C16H22N2O3S. The summed E-state index contributed by atoms with van der Waals surface area (Å²) in [7, 11) is 0. The number of carbonyl (C=O) groups excluding carboxylic acids is 2. The molecule has 6 heteroatoms. The Kier molecular flexibility index (Phi) is 6.12. The standard InChI is InChI=1S/C16H22N2O3S/c1-7-8-17-13(19)12-9-10(2)22-14(11(12)3)18-15(20)21-16(4,5)6/h1,9-10H,8H2,2-6H3,(H,17,19)(H,18,20). The maximum atomic E-state index is 12.1. The number of hydrogen-bond donors (Lipinski definition) is 2. The average Bonchev–Trinajstić information content (AvgIpc) is 2.37. The number of hydrogen-bond acceptors (Lipinski definition) is 4. The van der Waals surface area contributed by atoms with Crippen molar-refractivity contribution in [3.63, 3.8) is 0 Å². The summed E-state index contributed by atoms with van der Waals surface area (Å²) in [5.41, 5.74) is 0.642. The van der Waals surface area contributed by atoms with Crippen molar-refractivity contribution in [3.8, 4) is 12.3 Å². The first-order valence-electron chi connectivity index (χ1n) is 6.95. The monoisotopic (exact) mass is 322 g/mol. The summed E-state index contributed by atoms with van der Waals surface area (Å²) in [6, 6.07) is 0. The molecule has 1 heterocycles. The second kappa shape index (κ2) is 7.41. The van der Waals surface area contributed by atoms with E-state index in [1.165, 1.54) is 11.8 Å². The van der Waals surface area contributed by atoms with E-state index in [4.69, 9.17) is 11.2 Å². The lowest BCUT2D eigenvalue weighted by Gasteiger charge is -2.25. The van der Waals surface area contributed by atoms with E-state index in [1.54, 1.807) is 27.7 Å². The van der Waals surface area contributed by atoms with Crippen LogP contribution in [0.15, 0.2) is 22.3 Å². The molecule has 2 N–H and O–H groups in total. The molecule has 0 radical (unpaired) electrons. The van der Waals surface area contributed by atoms with Gasteiger partial charge >= 0.3 is 6.09 Å². The van der Waals surface area contributed by atoms with Crippen LogP contribution in [0.3, 0.4) is 0 Å². The normalized spacial score (nSPS) is 18.2. The van der Waals surface area contributed by atoms with Crippen LogP contribution < -0.4 is 10.6 Å². The Morgan fingerprint density at radius 3 is 2.64 bits per heavy atom. The zero-order valence-corrected chi connectivity index (χ0v) is 14.4. The Labute approximate surface area is 135 Å². The lowest BCUT2D eigenvalue weighted by molar-refractivity contribution is -0.117. The summed E-state index contributed by atoms with van der Waals surface area (Å²) >= 11 is 1.46. The molecule has 0 spiro atoms. The van der Waals surface area contributed by atoms with Gasteiger partial charge in [0.2, 0.25) is 0 Å². The second-order valence-electron chi connectivity index (χ2n) is 5.87. The van der Waals surface area contributed by atoms with Crippen molar-refractivity contribution in [2.24, 2.45) is 0 Å². The van der Waals surface area contributed by atoms with Crippen LogP contribution in [0.4, 0.5) is 4.79 Å². The van der Waals surface area contributed by atoms with Crippen molar-refractivity contribution in [2.45, 2.75) is 45.5 Å². The zero-order chi connectivity index (χ0) is 16.9. The van der Waals surface area contributed by atoms with E-state index in [0.717, 1.165) is 0 Å². The van der Waals surface area contributed by atoms with E-state index in [-0.39, 0.29) is 17.7 Å². The molecule has 0 bridgehead atoms. The highest BCUT2D eigenvalue weighted by Crippen LogP contribution is 2.33. The Bertz CT molecular complexity index is 565. The summed E-state index contributed by atoms with van der Waals surface area (Å²) < 4.78 is 5.24. The van der Waals surface area contributed by atoms with Gasteiger partial charge in [0.1, 0.15) is 5.60 Å². The lowest BCUT2D eigenvalue weighted by atomic mass is 10.1. The lowest BCUT2D eigenvalue weighted by Crippen LogP contribution is -2.34. The Hall–Kier alpha value is -1.87. The van der Waals surface area contributed by atoms with E-state index in [1.807, 2.05) is 13.0 Å². The van der Waals surface area contributed by atoms with Gasteiger partial charge in [-0.2, -0.15) is 0 Å². The van der Waals surface area contributed by atoms with Crippen LogP contribution in [-0.2, 0) is 9.53 Å². The predicted octanol–water partition coefficient (Wildman–Crippen LogP) is 2.55. The molecule has 1 rings (SSSR count). The Morgan fingerprint density at radius 1 is 1.45 bits per heavy atom. The summed E-state index contributed by atoms with van der Waals surface area (Å²) in [5.74, 6) is 2.12. The van der Waals surface area contributed by atoms with E-state index in [0.29, 0.717) is 16.2 Å². The zero-order valence-electron chi connectivity index (χ0n) is 13.6. The van der Waals surface area contributed by atoms with Gasteiger partial charge in [-0.3, -0.25) is 10.1 Å². The van der Waals surface area contributed by atoms with Crippen LogP contribution >= 0.6 is 11.8 Å². The van der Waals surface area contributed by atoms with E-state index in [9.17, 15) is 9.59 Å². The highest BCUT2D eigenvalue weighted by molar-refractivity contribution is 8.03. The van der Waals surface area contributed by atoms with Crippen LogP contribution in [-0.4, -0.2) is 29.4 Å². The summed E-state index contributed by atoms with van der Waals surface area (Å²) in [6.07, 6.45) is 6.46. The fourth-order valence-electron chi connectivity index (χ4n) is 1.78. The molecule has 0 aromatic heterocycles. The molecule has 1 unspecified atom stereocenters. The number of carbonyl (C=O) groups is 2. The van der Waals surface area contributed by atoms with Gasteiger partial charge in [0, 0.05) is 10.8 Å². The number of terminal acetylenes is 1. The first kappa shape index (κ1) is 18.2. The fraction of sp³-hybridized carbons (Fsp3) is 0.500. The van der Waals surface area contributed by atoms with Crippen LogP contribution in [0.5, 0.6) is 0 Å². The molecule has 0 aromatic rings. The highest BCUT2D eigenvalue weighted by Gasteiger charge is 2.25. The van der Waals surface area contributed by atoms with Crippen LogP contribution in [0, 0.1) is 12.3 Å². The van der Waals surface area contributed by atoms with Crippen molar-refractivity contribution >= 4 is 23.8 Å². The first-order chi connectivity index (χ1) is 10.1. The van der Waals surface area contributed by atoms with Crippen molar-refractivity contribution in [1.82, 2.24) is 10.6 Å². The fourth-order valence-corrected chi connectivity index (χ4v) is 2.79. The minimum atomic E-state index is -0.577.